The Balaban J connectivity index is 1.56. The van der Waals surface area contributed by atoms with Gasteiger partial charge in [0, 0.05) is 31.6 Å². The zero-order valence-corrected chi connectivity index (χ0v) is 10.6. The van der Waals surface area contributed by atoms with Crippen molar-refractivity contribution in [2.45, 2.75) is 13.0 Å². The Morgan fingerprint density at radius 2 is 1.94 bits per heavy atom. The average molecular weight is 245 g/mol. The monoisotopic (exact) mass is 245 g/mol. The van der Waals surface area contributed by atoms with Gasteiger partial charge in [0.05, 0.1) is 24.9 Å². The second-order valence-corrected chi connectivity index (χ2v) is 4.73. The summed E-state index contributed by atoms with van der Waals surface area (Å²) in [4.78, 5) is 2.47. The Morgan fingerprint density at radius 3 is 2.83 bits per heavy atom. The summed E-state index contributed by atoms with van der Waals surface area (Å²) in [6.45, 7) is 6.03. The number of hydrogen-bond acceptors (Lipinski definition) is 3. The van der Waals surface area contributed by atoms with Crippen molar-refractivity contribution in [2.75, 3.05) is 32.8 Å². The van der Waals surface area contributed by atoms with E-state index in [1.165, 1.54) is 10.9 Å². The number of aromatic nitrogens is 2. The molecule has 4 nitrogen and oxygen atoms in total. The molecule has 0 N–H and O–H groups in total. The molecule has 1 aliphatic heterocycles. The third-order valence-electron chi connectivity index (χ3n) is 3.50. The minimum atomic E-state index is 0.880. The molecule has 1 aromatic heterocycles. The summed E-state index contributed by atoms with van der Waals surface area (Å²) in [7, 11) is 0. The largest absolute Gasteiger partial charge is 0.379 e. The van der Waals surface area contributed by atoms with E-state index in [4.69, 9.17) is 4.74 Å². The van der Waals surface area contributed by atoms with E-state index in [0.29, 0.717) is 0 Å². The fourth-order valence-corrected chi connectivity index (χ4v) is 2.47. The maximum Gasteiger partial charge on any atom is 0.0682 e. The van der Waals surface area contributed by atoms with Gasteiger partial charge in [-0.05, 0) is 12.5 Å². The molecule has 1 fully saturated rings. The summed E-state index contributed by atoms with van der Waals surface area (Å²) < 4.78 is 7.46. The Morgan fingerprint density at radius 1 is 1.11 bits per heavy atom. The molecule has 0 radical (unpaired) electrons. The molecule has 2 heterocycles. The molecule has 1 saturated heterocycles. The van der Waals surface area contributed by atoms with Gasteiger partial charge < -0.3 is 4.74 Å². The maximum absolute atomic E-state index is 5.35. The molecule has 3 rings (SSSR count). The van der Waals surface area contributed by atoms with Gasteiger partial charge in [0.15, 0.2) is 0 Å². The first-order valence-corrected chi connectivity index (χ1v) is 6.64. The summed E-state index contributed by atoms with van der Waals surface area (Å²) in [5.74, 6) is 0. The zero-order valence-electron chi connectivity index (χ0n) is 10.6. The van der Waals surface area contributed by atoms with Crippen molar-refractivity contribution in [3.8, 4) is 0 Å². The molecule has 0 spiro atoms. The SMILES string of the molecule is c1ccc2c(c1)cnn2CCCN1CCOCC1. The van der Waals surface area contributed by atoms with Crippen LogP contribution in [0.15, 0.2) is 30.5 Å². The van der Waals surface area contributed by atoms with Crippen molar-refractivity contribution in [1.82, 2.24) is 14.7 Å². The van der Waals surface area contributed by atoms with Crippen molar-refractivity contribution in [3.05, 3.63) is 30.5 Å². The normalized spacial score (nSPS) is 17.3. The number of benzene rings is 1. The minimum absolute atomic E-state index is 0.880. The second kappa shape index (κ2) is 5.50. The molecule has 0 atom stereocenters. The van der Waals surface area contributed by atoms with E-state index in [9.17, 15) is 0 Å². The van der Waals surface area contributed by atoms with Crippen LogP contribution in [0, 0.1) is 0 Å². The van der Waals surface area contributed by atoms with Gasteiger partial charge in [-0.2, -0.15) is 5.10 Å². The highest BCUT2D eigenvalue weighted by Gasteiger charge is 2.09. The Labute approximate surface area is 107 Å². The minimum Gasteiger partial charge on any atom is -0.379 e. The Kier molecular flexibility index (Phi) is 3.57. The maximum atomic E-state index is 5.35. The van der Waals surface area contributed by atoms with Crippen LogP contribution in [0.4, 0.5) is 0 Å². The van der Waals surface area contributed by atoms with Crippen LogP contribution >= 0.6 is 0 Å². The van der Waals surface area contributed by atoms with Crippen molar-refractivity contribution in [3.63, 3.8) is 0 Å². The molecule has 1 aliphatic rings. The van der Waals surface area contributed by atoms with Gasteiger partial charge in [-0.25, -0.2) is 0 Å². The molecule has 18 heavy (non-hydrogen) atoms. The van der Waals surface area contributed by atoms with Gasteiger partial charge >= 0.3 is 0 Å². The summed E-state index contributed by atoms with van der Waals surface area (Å²) in [5.41, 5.74) is 1.24. The third kappa shape index (κ3) is 2.54. The van der Waals surface area contributed by atoms with Crippen LogP contribution in [0.3, 0.4) is 0 Å². The molecule has 0 amide bonds. The highest BCUT2D eigenvalue weighted by Crippen LogP contribution is 2.13. The van der Waals surface area contributed by atoms with Crippen LogP contribution in [0.1, 0.15) is 6.42 Å². The lowest BCUT2D eigenvalue weighted by Gasteiger charge is -2.26. The van der Waals surface area contributed by atoms with Crippen molar-refractivity contribution >= 4 is 10.9 Å². The van der Waals surface area contributed by atoms with Crippen LogP contribution in [-0.2, 0) is 11.3 Å². The first kappa shape index (κ1) is 11.7. The second-order valence-electron chi connectivity index (χ2n) is 4.73. The van der Waals surface area contributed by atoms with Crippen molar-refractivity contribution in [2.24, 2.45) is 0 Å². The molecule has 2 aromatic rings. The van der Waals surface area contributed by atoms with Gasteiger partial charge in [0.2, 0.25) is 0 Å². The van der Waals surface area contributed by atoms with E-state index < -0.39 is 0 Å². The number of ether oxygens (including phenoxy) is 1. The van der Waals surface area contributed by atoms with E-state index in [1.807, 2.05) is 6.20 Å². The first-order valence-electron chi connectivity index (χ1n) is 6.64. The predicted octanol–water partition coefficient (Wildman–Crippen LogP) is 1.76. The fraction of sp³-hybridized carbons (Fsp3) is 0.500. The molecular formula is C14H19N3O. The summed E-state index contributed by atoms with van der Waals surface area (Å²) in [5, 5.41) is 5.68. The Bertz CT molecular complexity index is 502. The lowest BCUT2D eigenvalue weighted by Crippen LogP contribution is -2.37. The molecule has 0 aliphatic carbocycles. The van der Waals surface area contributed by atoms with Gasteiger partial charge in [-0.15, -0.1) is 0 Å². The van der Waals surface area contributed by atoms with Gasteiger partial charge in [-0.1, -0.05) is 18.2 Å². The highest BCUT2D eigenvalue weighted by atomic mass is 16.5. The standard InChI is InChI=1S/C14H19N3O/c1-2-5-14-13(4-1)12-15-17(14)7-3-6-16-8-10-18-11-9-16/h1-2,4-5,12H,3,6-11H2. The van der Waals surface area contributed by atoms with Crippen LogP contribution in [0.25, 0.3) is 10.9 Å². The molecule has 4 heteroatoms. The van der Waals surface area contributed by atoms with Crippen LogP contribution in [0.2, 0.25) is 0 Å². The molecular weight excluding hydrogens is 226 g/mol. The molecule has 0 unspecified atom stereocenters. The predicted molar refractivity (Wildman–Crippen MR) is 71.6 cm³/mol. The Hall–Kier alpha value is -1.39. The number of hydrogen-bond donors (Lipinski definition) is 0. The number of fused-ring (bicyclic) bond motifs is 1. The molecule has 1 aromatic carbocycles. The van der Waals surface area contributed by atoms with E-state index >= 15 is 0 Å². The highest BCUT2D eigenvalue weighted by molar-refractivity contribution is 5.78. The molecule has 0 bridgehead atoms. The number of para-hydroxylation sites is 1. The summed E-state index contributed by atoms with van der Waals surface area (Å²) in [6.07, 6.45) is 3.09. The zero-order chi connectivity index (χ0) is 12.2. The van der Waals surface area contributed by atoms with E-state index in [-0.39, 0.29) is 0 Å². The average Bonchev–Trinajstić information content (AvgIpc) is 2.84. The number of nitrogens with zero attached hydrogens (tertiary/aromatic N) is 3. The lowest BCUT2D eigenvalue weighted by molar-refractivity contribution is 0.0368. The van der Waals surface area contributed by atoms with Gasteiger partial charge in [0.25, 0.3) is 0 Å². The quantitative estimate of drug-likeness (QED) is 0.822. The lowest BCUT2D eigenvalue weighted by atomic mass is 10.2. The number of morpholine rings is 1. The summed E-state index contributed by atoms with van der Waals surface area (Å²) in [6, 6.07) is 8.38. The number of aryl methyl sites for hydroxylation is 1. The topological polar surface area (TPSA) is 30.3 Å². The fourth-order valence-electron chi connectivity index (χ4n) is 2.47. The van der Waals surface area contributed by atoms with E-state index in [2.05, 4.69) is 38.9 Å². The van der Waals surface area contributed by atoms with Crippen molar-refractivity contribution in [1.29, 1.82) is 0 Å². The molecule has 96 valence electrons. The first-order chi connectivity index (χ1) is 8.93. The van der Waals surface area contributed by atoms with Crippen molar-refractivity contribution < 1.29 is 4.74 Å². The van der Waals surface area contributed by atoms with E-state index in [0.717, 1.165) is 45.8 Å². The van der Waals surface area contributed by atoms with Crippen LogP contribution in [-0.4, -0.2) is 47.5 Å². The van der Waals surface area contributed by atoms with Gasteiger partial charge in [0.1, 0.15) is 0 Å². The molecule has 0 saturated carbocycles. The van der Waals surface area contributed by atoms with E-state index in [1.54, 1.807) is 0 Å². The van der Waals surface area contributed by atoms with Gasteiger partial charge in [-0.3, -0.25) is 9.58 Å². The third-order valence-corrected chi connectivity index (χ3v) is 3.50. The smallest absolute Gasteiger partial charge is 0.0682 e. The number of rotatable bonds is 4. The van der Waals surface area contributed by atoms with Crippen LogP contribution in [0.5, 0.6) is 0 Å². The summed E-state index contributed by atoms with van der Waals surface area (Å²) >= 11 is 0. The van der Waals surface area contributed by atoms with Crippen LogP contribution < -0.4 is 0 Å².